The highest BCUT2D eigenvalue weighted by Crippen LogP contribution is 2.35. The van der Waals surface area contributed by atoms with Crippen LogP contribution in [0, 0.1) is 0 Å². The van der Waals surface area contributed by atoms with E-state index in [0.717, 1.165) is 12.1 Å². The number of hydrogen-bond donors (Lipinski definition) is 0. The summed E-state index contributed by atoms with van der Waals surface area (Å²) in [6.45, 7) is 2.84. The van der Waals surface area contributed by atoms with Crippen LogP contribution in [0.4, 0.5) is 13.2 Å². The van der Waals surface area contributed by atoms with Crippen LogP contribution in [0.2, 0.25) is 0 Å². The number of carbonyl (C=O) groups excluding carboxylic acids is 1. The minimum Gasteiger partial charge on any atom is -0.465 e. The lowest BCUT2D eigenvalue weighted by Crippen LogP contribution is -2.32. The van der Waals surface area contributed by atoms with Crippen molar-refractivity contribution in [3.63, 3.8) is 0 Å². The maximum atomic E-state index is 12.9. The molecule has 0 spiro atoms. The van der Waals surface area contributed by atoms with Crippen LogP contribution in [0.25, 0.3) is 0 Å². The minimum absolute atomic E-state index is 0.0498. The lowest BCUT2D eigenvalue weighted by molar-refractivity contribution is -0.143. The van der Waals surface area contributed by atoms with E-state index in [0.29, 0.717) is 6.07 Å². The second kappa shape index (κ2) is 6.46. The summed E-state index contributed by atoms with van der Waals surface area (Å²) in [6, 6.07) is 3.79. The van der Waals surface area contributed by atoms with Crippen molar-refractivity contribution in [3.05, 3.63) is 29.8 Å². The lowest BCUT2D eigenvalue weighted by atomic mass is 10.2. The molecular weight excluding hydrogens is 309 g/mol. The maximum absolute atomic E-state index is 12.9. The Labute approximate surface area is 120 Å². The third kappa shape index (κ3) is 3.75. The van der Waals surface area contributed by atoms with Crippen molar-refractivity contribution >= 4 is 15.8 Å². The van der Waals surface area contributed by atoms with Gasteiger partial charge in [0.2, 0.25) is 0 Å². The smallest absolute Gasteiger partial charge is 0.417 e. The van der Waals surface area contributed by atoms with Crippen LogP contribution in [0.3, 0.4) is 0 Å². The van der Waals surface area contributed by atoms with Crippen molar-refractivity contribution in [1.82, 2.24) is 0 Å². The zero-order chi connectivity index (χ0) is 16.3. The fourth-order valence-corrected chi connectivity index (χ4v) is 3.68. The van der Waals surface area contributed by atoms with Gasteiger partial charge in [0.25, 0.3) is 0 Å². The van der Waals surface area contributed by atoms with Crippen molar-refractivity contribution in [2.75, 3.05) is 6.61 Å². The first kappa shape index (κ1) is 17.5. The van der Waals surface area contributed by atoms with Crippen LogP contribution in [0.5, 0.6) is 0 Å². The summed E-state index contributed by atoms with van der Waals surface area (Å²) in [7, 11) is -4.48. The van der Waals surface area contributed by atoms with Crippen molar-refractivity contribution in [2.45, 2.75) is 36.6 Å². The van der Waals surface area contributed by atoms with E-state index >= 15 is 0 Å². The highest BCUT2D eigenvalue weighted by Gasteiger charge is 2.41. The number of benzene rings is 1. The minimum atomic E-state index is -4.82. The topological polar surface area (TPSA) is 60.4 Å². The second-order valence-corrected chi connectivity index (χ2v) is 6.29. The Balaban J connectivity index is 3.40. The molecular formula is C13H15F3O4S. The molecule has 1 aromatic carbocycles. The molecule has 1 rings (SSSR count). The van der Waals surface area contributed by atoms with E-state index in [4.69, 9.17) is 0 Å². The number of hydrogen-bond acceptors (Lipinski definition) is 4. The van der Waals surface area contributed by atoms with Crippen LogP contribution >= 0.6 is 0 Å². The molecule has 118 valence electrons. The van der Waals surface area contributed by atoms with Gasteiger partial charge in [-0.15, -0.1) is 0 Å². The summed E-state index contributed by atoms with van der Waals surface area (Å²) in [5.74, 6) is -1.04. The third-order valence-corrected chi connectivity index (χ3v) is 5.04. The molecule has 0 N–H and O–H groups in total. The van der Waals surface area contributed by atoms with Gasteiger partial charge in [0, 0.05) is 0 Å². The molecule has 1 atom stereocenters. The van der Waals surface area contributed by atoms with Gasteiger partial charge in [-0.1, -0.05) is 19.1 Å². The fourth-order valence-electron chi connectivity index (χ4n) is 1.85. The molecule has 0 heterocycles. The van der Waals surface area contributed by atoms with Crippen LogP contribution in [-0.2, 0) is 25.5 Å². The SMILES string of the molecule is CCOC(=O)C(CC)S(=O)(=O)c1ccccc1C(F)(F)F. The van der Waals surface area contributed by atoms with E-state index in [1.807, 2.05) is 0 Å². The zero-order valence-corrected chi connectivity index (χ0v) is 12.3. The molecule has 0 aliphatic rings. The van der Waals surface area contributed by atoms with E-state index in [1.54, 1.807) is 0 Å². The summed E-state index contributed by atoms with van der Waals surface area (Å²) in [5, 5.41) is -1.65. The average molecular weight is 324 g/mol. The van der Waals surface area contributed by atoms with Gasteiger partial charge in [0.05, 0.1) is 17.1 Å². The van der Waals surface area contributed by atoms with E-state index in [1.165, 1.54) is 19.9 Å². The van der Waals surface area contributed by atoms with Gasteiger partial charge in [0.1, 0.15) is 0 Å². The molecule has 21 heavy (non-hydrogen) atoms. The number of esters is 1. The molecule has 0 amide bonds. The normalized spacial score (nSPS) is 13.8. The van der Waals surface area contributed by atoms with E-state index in [-0.39, 0.29) is 13.0 Å². The molecule has 1 unspecified atom stereocenters. The summed E-state index contributed by atoms with van der Waals surface area (Å²) < 4.78 is 68.1. The van der Waals surface area contributed by atoms with Crippen LogP contribution < -0.4 is 0 Å². The lowest BCUT2D eigenvalue weighted by Gasteiger charge is -2.18. The Bertz CT molecular complexity index is 608. The highest BCUT2D eigenvalue weighted by atomic mass is 32.2. The molecule has 0 saturated carbocycles. The number of ether oxygens (including phenoxy) is 1. The molecule has 0 aliphatic heterocycles. The molecule has 8 heteroatoms. The summed E-state index contributed by atoms with van der Waals surface area (Å²) in [6.07, 6.45) is -5.00. The van der Waals surface area contributed by atoms with Crippen LogP contribution in [0.15, 0.2) is 29.2 Å². The predicted octanol–water partition coefficient (Wildman–Crippen LogP) is 2.82. The van der Waals surface area contributed by atoms with E-state index < -0.39 is 37.7 Å². The zero-order valence-electron chi connectivity index (χ0n) is 11.5. The van der Waals surface area contributed by atoms with Crippen LogP contribution in [-0.4, -0.2) is 26.2 Å². The number of halogens is 3. The quantitative estimate of drug-likeness (QED) is 0.782. The Hall–Kier alpha value is -1.57. The van der Waals surface area contributed by atoms with Crippen molar-refractivity contribution in [1.29, 1.82) is 0 Å². The summed E-state index contributed by atoms with van der Waals surface area (Å²) in [5.41, 5.74) is -1.28. The third-order valence-electron chi connectivity index (χ3n) is 2.79. The van der Waals surface area contributed by atoms with Crippen molar-refractivity contribution < 1.29 is 31.1 Å². The Morgan fingerprint density at radius 2 is 1.81 bits per heavy atom. The Morgan fingerprint density at radius 3 is 2.29 bits per heavy atom. The van der Waals surface area contributed by atoms with Gasteiger partial charge < -0.3 is 4.74 Å². The molecule has 0 saturated heterocycles. The number of sulfone groups is 1. The number of alkyl halides is 3. The molecule has 0 fully saturated rings. The summed E-state index contributed by atoms with van der Waals surface area (Å²) in [4.78, 5) is 10.8. The Morgan fingerprint density at radius 1 is 1.24 bits per heavy atom. The van der Waals surface area contributed by atoms with E-state index in [2.05, 4.69) is 4.74 Å². The standard InChI is InChI=1S/C13H15F3O4S/c1-3-10(12(17)20-4-2)21(18,19)11-8-6-5-7-9(11)13(14,15)16/h5-8,10H,3-4H2,1-2H3. The molecule has 1 aromatic rings. The number of carbonyl (C=O) groups is 1. The summed E-state index contributed by atoms with van der Waals surface area (Å²) >= 11 is 0. The van der Waals surface area contributed by atoms with Gasteiger partial charge in [-0.2, -0.15) is 13.2 Å². The Kier molecular flexibility index (Phi) is 5.38. The van der Waals surface area contributed by atoms with Gasteiger partial charge in [-0.3, -0.25) is 4.79 Å². The molecule has 0 aromatic heterocycles. The first-order valence-corrected chi connectivity index (χ1v) is 7.77. The fraction of sp³-hybridized carbons (Fsp3) is 0.462. The monoisotopic (exact) mass is 324 g/mol. The molecule has 0 bridgehead atoms. The van der Waals surface area contributed by atoms with Gasteiger partial charge in [0.15, 0.2) is 15.1 Å². The largest absolute Gasteiger partial charge is 0.465 e. The van der Waals surface area contributed by atoms with E-state index in [9.17, 15) is 26.4 Å². The molecule has 0 radical (unpaired) electrons. The predicted molar refractivity (Wildman–Crippen MR) is 69.3 cm³/mol. The van der Waals surface area contributed by atoms with Gasteiger partial charge >= 0.3 is 12.1 Å². The molecule has 0 aliphatic carbocycles. The van der Waals surface area contributed by atoms with Gasteiger partial charge in [-0.05, 0) is 25.5 Å². The van der Waals surface area contributed by atoms with Crippen molar-refractivity contribution in [2.24, 2.45) is 0 Å². The molecule has 4 nitrogen and oxygen atoms in total. The highest BCUT2D eigenvalue weighted by molar-refractivity contribution is 7.92. The first-order chi connectivity index (χ1) is 9.66. The second-order valence-electron chi connectivity index (χ2n) is 4.19. The maximum Gasteiger partial charge on any atom is 0.417 e. The van der Waals surface area contributed by atoms with Gasteiger partial charge in [-0.25, -0.2) is 8.42 Å². The first-order valence-electron chi connectivity index (χ1n) is 6.23. The van der Waals surface area contributed by atoms with Crippen LogP contribution in [0.1, 0.15) is 25.8 Å². The average Bonchev–Trinajstić information content (AvgIpc) is 2.38. The number of rotatable bonds is 5. The van der Waals surface area contributed by atoms with Crippen molar-refractivity contribution in [3.8, 4) is 0 Å².